The van der Waals surface area contributed by atoms with Crippen molar-refractivity contribution in [2.45, 2.75) is 58.5 Å². The Morgan fingerprint density at radius 2 is 1.97 bits per heavy atom. The molecule has 0 spiro atoms. The van der Waals surface area contributed by atoms with Gasteiger partial charge in [-0.3, -0.25) is 0 Å². The van der Waals surface area contributed by atoms with Crippen molar-refractivity contribution in [1.29, 1.82) is 0 Å². The summed E-state index contributed by atoms with van der Waals surface area (Å²) in [6.07, 6.45) is 4.24. The average molecular weight is 435 g/mol. The number of carbonyl (C=O) groups is 1. The molecule has 30 heavy (non-hydrogen) atoms. The second kappa shape index (κ2) is 9.16. The van der Waals surface area contributed by atoms with Crippen molar-refractivity contribution in [3.8, 4) is 11.3 Å². The molecule has 0 aliphatic heterocycles. The number of pyridine rings is 2. The predicted octanol–water partition coefficient (Wildman–Crippen LogP) is 5.59. The molecule has 3 rings (SSSR count). The van der Waals surface area contributed by atoms with Crippen LogP contribution in [0.3, 0.4) is 0 Å². The summed E-state index contributed by atoms with van der Waals surface area (Å²) in [4.78, 5) is 19.5. The zero-order valence-corrected chi connectivity index (χ0v) is 18.2. The molecule has 0 radical (unpaired) electrons. The van der Waals surface area contributed by atoms with Gasteiger partial charge in [0, 0.05) is 23.8 Å². The fourth-order valence-corrected chi connectivity index (χ4v) is 4.45. The molecule has 1 atom stereocenters. The average Bonchev–Trinajstić information content (AvgIpc) is 2.67. The Kier molecular flexibility index (Phi) is 6.81. The van der Waals surface area contributed by atoms with Crippen molar-refractivity contribution in [3.63, 3.8) is 0 Å². The molecule has 3 N–H and O–H groups in total. The standard InChI is InChI=1S/C22H28ClFN4O2/c1-22(2,3)20(28-21(29)30)13-7-9-14(10-8-13)26-19-11-15(16(23)12-25-19)17-5-4-6-18(24)27-17/h4-6,11-14,20,28H,7-10H2,1-3H3,(H,25,26)(H,29,30)/t13-,14-,20?. The molecule has 1 aliphatic rings. The highest BCUT2D eigenvalue weighted by Gasteiger charge is 2.36. The number of nitrogens with zero attached hydrogens (tertiary/aromatic N) is 2. The molecule has 0 aromatic carbocycles. The Labute approximate surface area is 181 Å². The topological polar surface area (TPSA) is 87.1 Å². The summed E-state index contributed by atoms with van der Waals surface area (Å²) in [6, 6.07) is 6.53. The van der Waals surface area contributed by atoms with Crippen LogP contribution in [0.15, 0.2) is 30.5 Å². The van der Waals surface area contributed by atoms with Crippen LogP contribution in [0.5, 0.6) is 0 Å². The van der Waals surface area contributed by atoms with E-state index in [-0.39, 0.29) is 17.5 Å². The van der Waals surface area contributed by atoms with Crippen molar-refractivity contribution >= 4 is 23.5 Å². The zero-order valence-electron chi connectivity index (χ0n) is 17.5. The monoisotopic (exact) mass is 434 g/mol. The van der Waals surface area contributed by atoms with Crippen molar-refractivity contribution in [2.24, 2.45) is 11.3 Å². The third-order valence-corrected chi connectivity index (χ3v) is 5.95. The van der Waals surface area contributed by atoms with Crippen molar-refractivity contribution < 1.29 is 14.3 Å². The van der Waals surface area contributed by atoms with E-state index < -0.39 is 12.0 Å². The van der Waals surface area contributed by atoms with Crippen LogP contribution in [-0.2, 0) is 0 Å². The number of anilines is 1. The van der Waals surface area contributed by atoms with Gasteiger partial charge in [0.1, 0.15) is 5.82 Å². The van der Waals surface area contributed by atoms with Gasteiger partial charge in [-0.05, 0) is 55.2 Å². The van der Waals surface area contributed by atoms with Crippen LogP contribution in [0.25, 0.3) is 11.3 Å². The van der Waals surface area contributed by atoms with Crippen LogP contribution < -0.4 is 10.6 Å². The van der Waals surface area contributed by atoms with E-state index in [0.29, 0.717) is 28.0 Å². The van der Waals surface area contributed by atoms with E-state index in [1.54, 1.807) is 24.4 Å². The molecule has 1 fully saturated rings. The summed E-state index contributed by atoms with van der Waals surface area (Å²) in [6.45, 7) is 6.20. The maximum absolute atomic E-state index is 13.5. The number of halogens is 2. The third kappa shape index (κ3) is 5.59. The smallest absolute Gasteiger partial charge is 0.404 e. The number of hydrogen-bond acceptors (Lipinski definition) is 4. The van der Waals surface area contributed by atoms with Gasteiger partial charge in [0.25, 0.3) is 0 Å². The minimum atomic E-state index is -0.973. The molecule has 0 saturated heterocycles. The highest BCUT2D eigenvalue weighted by molar-refractivity contribution is 6.33. The second-order valence-electron chi connectivity index (χ2n) is 8.94. The van der Waals surface area contributed by atoms with E-state index in [2.05, 4.69) is 41.4 Å². The lowest BCUT2D eigenvalue weighted by molar-refractivity contribution is 0.134. The molecule has 1 aliphatic carbocycles. The first-order chi connectivity index (χ1) is 14.1. The van der Waals surface area contributed by atoms with Crippen LogP contribution in [0.4, 0.5) is 15.0 Å². The van der Waals surface area contributed by atoms with Crippen LogP contribution in [-0.4, -0.2) is 33.3 Å². The fraction of sp³-hybridized carbons (Fsp3) is 0.500. The zero-order chi connectivity index (χ0) is 21.9. The van der Waals surface area contributed by atoms with Gasteiger partial charge in [-0.25, -0.2) is 14.8 Å². The van der Waals surface area contributed by atoms with E-state index in [4.69, 9.17) is 11.6 Å². The molecule has 2 aromatic rings. The van der Waals surface area contributed by atoms with Crippen molar-refractivity contribution in [3.05, 3.63) is 41.4 Å². The summed E-state index contributed by atoms with van der Waals surface area (Å²) < 4.78 is 13.5. The lowest BCUT2D eigenvalue weighted by Crippen LogP contribution is -2.49. The van der Waals surface area contributed by atoms with Crippen LogP contribution in [0.1, 0.15) is 46.5 Å². The van der Waals surface area contributed by atoms with Gasteiger partial charge >= 0.3 is 6.09 Å². The largest absolute Gasteiger partial charge is 0.465 e. The molecule has 1 unspecified atom stereocenters. The lowest BCUT2D eigenvalue weighted by Gasteiger charge is -2.40. The first kappa shape index (κ1) is 22.3. The third-order valence-electron chi connectivity index (χ3n) is 5.65. The number of carboxylic acid groups (broad SMARTS) is 1. The molecular weight excluding hydrogens is 407 g/mol. The maximum atomic E-state index is 13.5. The number of nitrogens with one attached hydrogen (secondary N) is 2. The van der Waals surface area contributed by atoms with E-state index in [9.17, 15) is 14.3 Å². The minimum absolute atomic E-state index is 0.0877. The quantitative estimate of drug-likeness (QED) is 0.534. The molecular formula is C22H28ClFN4O2. The normalized spacial score (nSPS) is 20.4. The van der Waals surface area contributed by atoms with E-state index in [1.165, 1.54) is 6.07 Å². The minimum Gasteiger partial charge on any atom is -0.465 e. The van der Waals surface area contributed by atoms with Crippen LogP contribution in [0.2, 0.25) is 5.02 Å². The highest BCUT2D eigenvalue weighted by atomic mass is 35.5. The van der Waals surface area contributed by atoms with Gasteiger partial charge < -0.3 is 15.7 Å². The van der Waals surface area contributed by atoms with Gasteiger partial charge in [0.05, 0.1) is 10.7 Å². The molecule has 2 aromatic heterocycles. The van der Waals surface area contributed by atoms with Gasteiger partial charge in [-0.1, -0.05) is 38.4 Å². The number of amides is 1. The summed E-state index contributed by atoms with van der Waals surface area (Å²) in [7, 11) is 0. The van der Waals surface area contributed by atoms with Crippen LogP contribution in [0, 0.1) is 17.3 Å². The lowest BCUT2D eigenvalue weighted by atomic mass is 9.72. The van der Waals surface area contributed by atoms with Gasteiger partial charge in [-0.2, -0.15) is 4.39 Å². The first-order valence-corrected chi connectivity index (χ1v) is 10.6. The first-order valence-electron chi connectivity index (χ1n) is 10.2. The predicted molar refractivity (Wildman–Crippen MR) is 116 cm³/mol. The highest BCUT2D eigenvalue weighted by Crippen LogP contribution is 2.36. The Balaban J connectivity index is 1.66. The summed E-state index contributed by atoms with van der Waals surface area (Å²) >= 11 is 6.26. The number of rotatable bonds is 5. The fourth-order valence-electron chi connectivity index (χ4n) is 4.25. The van der Waals surface area contributed by atoms with E-state index >= 15 is 0 Å². The van der Waals surface area contributed by atoms with E-state index in [0.717, 1.165) is 25.7 Å². The Morgan fingerprint density at radius 3 is 2.57 bits per heavy atom. The second-order valence-corrected chi connectivity index (χ2v) is 9.35. The Hall–Kier alpha value is -2.41. The van der Waals surface area contributed by atoms with Gasteiger partial charge in [-0.15, -0.1) is 0 Å². The summed E-state index contributed by atoms with van der Waals surface area (Å²) in [5.74, 6) is 0.404. The number of aromatic nitrogens is 2. The summed E-state index contributed by atoms with van der Waals surface area (Å²) in [5.41, 5.74) is 0.941. The van der Waals surface area contributed by atoms with Gasteiger partial charge in [0.2, 0.25) is 5.95 Å². The molecule has 6 nitrogen and oxygen atoms in total. The Morgan fingerprint density at radius 1 is 1.27 bits per heavy atom. The molecule has 1 saturated carbocycles. The number of hydrogen-bond donors (Lipinski definition) is 3. The molecule has 0 bridgehead atoms. The van der Waals surface area contributed by atoms with E-state index in [1.807, 2.05) is 0 Å². The SMILES string of the molecule is CC(C)(C)C(NC(=O)O)[C@H]1CC[C@H](Nc2cc(-c3cccc(F)n3)c(Cl)cn2)CC1. The Bertz CT molecular complexity index is 895. The maximum Gasteiger partial charge on any atom is 0.404 e. The summed E-state index contributed by atoms with van der Waals surface area (Å²) in [5, 5.41) is 15.8. The molecule has 162 valence electrons. The van der Waals surface area contributed by atoms with Crippen molar-refractivity contribution in [2.75, 3.05) is 5.32 Å². The molecule has 8 heteroatoms. The van der Waals surface area contributed by atoms with Gasteiger partial charge in [0.15, 0.2) is 0 Å². The van der Waals surface area contributed by atoms with Crippen LogP contribution >= 0.6 is 11.6 Å². The van der Waals surface area contributed by atoms with Crippen molar-refractivity contribution in [1.82, 2.24) is 15.3 Å². The molecule has 2 heterocycles. The molecule has 1 amide bonds.